The van der Waals surface area contributed by atoms with Crippen LogP contribution in [0.2, 0.25) is 0 Å². The molecule has 1 aromatic rings. The molecule has 0 aliphatic rings. The minimum Gasteiger partial charge on any atom is -0.476 e. The molecule has 0 aliphatic heterocycles. The number of aromatic nitrogens is 2. The van der Waals surface area contributed by atoms with Crippen molar-refractivity contribution < 1.29 is 18.3 Å². The third kappa shape index (κ3) is 4.19. The van der Waals surface area contributed by atoms with Crippen LogP contribution in [0.5, 0.6) is 0 Å². The average molecular weight is 246 g/mol. The highest BCUT2D eigenvalue weighted by atomic mass is 32.2. The molecule has 0 amide bonds. The number of nitrogens with two attached hydrogens (primary N) is 1. The molecule has 0 aliphatic carbocycles. The summed E-state index contributed by atoms with van der Waals surface area (Å²) >= 11 is 0. The number of hydrogen-bond acceptors (Lipinski definition) is 6. The van der Waals surface area contributed by atoms with Gasteiger partial charge in [-0.05, 0) is 0 Å². The maximum absolute atomic E-state index is 10.6. The maximum atomic E-state index is 10.6. The quantitative estimate of drug-likeness (QED) is 0.598. The number of hydrogen-bond donors (Lipinski definition) is 3. The lowest BCUT2D eigenvalue weighted by atomic mass is 10.4. The molecule has 0 spiro atoms. The van der Waals surface area contributed by atoms with Gasteiger partial charge in [-0.1, -0.05) is 0 Å². The van der Waals surface area contributed by atoms with Crippen LogP contribution in [0, 0.1) is 0 Å². The Morgan fingerprint density at radius 1 is 1.44 bits per heavy atom. The Bertz CT molecular complexity index is 470. The number of carboxylic acid groups (broad SMARTS) is 1. The molecule has 16 heavy (non-hydrogen) atoms. The topological polar surface area (TPSA) is 135 Å². The van der Waals surface area contributed by atoms with E-state index < -0.39 is 16.0 Å². The van der Waals surface area contributed by atoms with Crippen molar-refractivity contribution in [1.29, 1.82) is 0 Å². The van der Waals surface area contributed by atoms with Crippen LogP contribution in [0.4, 0.5) is 5.82 Å². The fraction of sp³-hybridized carbons (Fsp3) is 0.286. The second-order valence-corrected chi connectivity index (χ2v) is 4.62. The first-order chi connectivity index (χ1) is 7.38. The van der Waals surface area contributed by atoms with E-state index in [1.54, 1.807) is 0 Å². The molecule has 4 N–H and O–H groups in total. The van der Waals surface area contributed by atoms with Gasteiger partial charge in [0.1, 0.15) is 5.82 Å². The monoisotopic (exact) mass is 246 g/mol. The number of aromatic carboxylic acids is 1. The molecule has 1 rings (SSSR count). The number of sulfonamides is 1. The molecular weight excluding hydrogens is 236 g/mol. The second kappa shape index (κ2) is 4.86. The van der Waals surface area contributed by atoms with Gasteiger partial charge in [-0.3, -0.25) is 0 Å². The van der Waals surface area contributed by atoms with E-state index in [9.17, 15) is 13.2 Å². The SMILES string of the molecule is NS(=O)(=O)CCNc1cnc(C(=O)O)cn1. The summed E-state index contributed by atoms with van der Waals surface area (Å²) < 4.78 is 21.2. The summed E-state index contributed by atoms with van der Waals surface area (Å²) in [4.78, 5) is 17.8. The lowest BCUT2D eigenvalue weighted by molar-refractivity contribution is 0.0690. The molecule has 0 bridgehead atoms. The molecule has 0 unspecified atom stereocenters. The normalized spacial score (nSPS) is 11.1. The van der Waals surface area contributed by atoms with E-state index in [1.165, 1.54) is 6.20 Å². The van der Waals surface area contributed by atoms with E-state index in [0.29, 0.717) is 0 Å². The zero-order valence-corrected chi connectivity index (χ0v) is 8.94. The highest BCUT2D eigenvalue weighted by Crippen LogP contribution is 2.00. The molecule has 1 aromatic heterocycles. The fourth-order valence-corrected chi connectivity index (χ4v) is 1.24. The minimum atomic E-state index is -3.52. The van der Waals surface area contributed by atoms with Crippen LogP contribution >= 0.6 is 0 Å². The van der Waals surface area contributed by atoms with Gasteiger partial charge in [0.2, 0.25) is 10.0 Å². The van der Waals surface area contributed by atoms with Gasteiger partial charge < -0.3 is 10.4 Å². The molecule has 88 valence electrons. The van der Waals surface area contributed by atoms with Crippen LogP contribution in [0.1, 0.15) is 10.5 Å². The predicted octanol–water partition coefficient (Wildman–Crippen LogP) is -1.12. The van der Waals surface area contributed by atoms with E-state index in [4.69, 9.17) is 10.2 Å². The van der Waals surface area contributed by atoms with Gasteiger partial charge in [0.15, 0.2) is 5.69 Å². The molecular formula is C7H10N4O4S. The van der Waals surface area contributed by atoms with Crippen LogP contribution < -0.4 is 10.5 Å². The van der Waals surface area contributed by atoms with Crippen molar-refractivity contribution in [1.82, 2.24) is 9.97 Å². The summed E-state index contributed by atoms with van der Waals surface area (Å²) in [5, 5.41) is 16.0. The number of primary sulfonamides is 1. The molecule has 0 saturated heterocycles. The zero-order valence-electron chi connectivity index (χ0n) is 8.12. The van der Waals surface area contributed by atoms with Crippen molar-refractivity contribution in [2.24, 2.45) is 5.14 Å². The van der Waals surface area contributed by atoms with Gasteiger partial charge in [0.25, 0.3) is 0 Å². The third-order valence-electron chi connectivity index (χ3n) is 1.56. The van der Waals surface area contributed by atoms with E-state index in [-0.39, 0.29) is 23.8 Å². The highest BCUT2D eigenvalue weighted by molar-refractivity contribution is 7.89. The van der Waals surface area contributed by atoms with Crippen molar-refractivity contribution >= 4 is 21.8 Å². The number of rotatable bonds is 5. The zero-order chi connectivity index (χ0) is 12.2. The summed E-state index contributed by atoms with van der Waals surface area (Å²) in [6, 6.07) is 0. The first kappa shape index (κ1) is 12.3. The van der Waals surface area contributed by atoms with Crippen LogP contribution in [0.15, 0.2) is 12.4 Å². The molecule has 0 aromatic carbocycles. The summed E-state index contributed by atoms with van der Waals surface area (Å²) in [6.07, 6.45) is 2.27. The van der Waals surface area contributed by atoms with Gasteiger partial charge in [-0.25, -0.2) is 28.3 Å². The Kier molecular flexibility index (Phi) is 3.74. The van der Waals surface area contributed by atoms with Crippen molar-refractivity contribution in [2.45, 2.75) is 0 Å². The smallest absolute Gasteiger partial charge is 0.356 e. The van der Waals surface area contributed by atoms with E-state index in [2.05, 4.69) is 15.3 Å². The number of carbonyl (C=O) groups is 1. The van der Waals surface area contributed by atoms with E-state index in [0.717, 1.165) is 6.20 Å². The van der Waals surface area contributed by atoms with Gasteiger partial charge in [-0.15, -0.1) is 0 Å². The van der Waals surface area contributed by atoms with Crippen molar-refractivity contribution in [3.63, 3.8) is 0 Å². The lowest BCUT2D eigenvalue weighted by Crippen LogP contribution is -2.22. The number of nitrogens with zero attached hydrogens (tertiary/aromatic N) is 2. The summed E-state index contributed by atoms with van der Waals surface area (Å²) in [5.74, 6) is -1.13. The number of anilines is 1. The van der Waals surface area contributed by atoms with Crippen molar-refractivity contribution in [3.05, 3.63) is 18.1 Å². The predicted molar refractivity (Wildman–Crippen MR) is 55.5 cm³/mol. The average Bonchev–Trinajstić information content (AvgIpc) is 2.16. The van der Waals surface area contributed by atoms with Gasteiger partial charge in [0, 0.05) is 6.54 Å². The Morgan fingerprint density at radius 3 is 2.56 bits per heavy atom. The highest BCUT2D eigenvalue weighted by Gasteiger charge is 2.05. The first-order valence-electron chi connectivity index (χ1n) is 4.18. The largest absolute Gasteiger partial charge is 0.476 e. The minimum absolute atomic E-state index is 0.0833. The molecule has 0 radical (unpaired) electrons. The standard InChI is InChI=1S/C7H10N4O4S/c8-16(14,15)2-1-9-6-4-10-5(3-11-6)7(12)13/h3-4H,1-2H2,(H,9,11)(H,12,13)(H2,8,14,15). The number of carboxylic acids is 1. The summed E-state index contributed by atoms with van der Waals surface area (Å²) in [7, 11) is -3.52. The first-order valence-corrected chi connectivity index (χ1v) is 5.90. The molecule has 1 heterocycles. The van der Waals surface area contributed by atoms with Gasteiger partial charge >= 0.3 is 5.97 Å². The summed E-state index contributed by atoms with van der Waals surface area (Å²) in [5.41, 5.74) is -0.183. The lowest BCUT2D eigenvalue weighted by Gasteiger charge is -2.03. The second-order valence-electron chi connectivity index (χ2n) is 2.89. The van der Waals surface area contributed by atoms with Gasteiger partial charge in [0.05, 0.1) is 18.1 Å². The Labute approximate surface area is 91.6 Å². The Morgan fingerprint density at radius 2 is 2.12 bits per heavy atom. The molecule has 0 fully saturated rings. The van der Waals surface area contributed by atoms with Crippen LogP contribution in [0.3, 0.4) is 0 Å². The van der Waals surface area contributed by atoms with Crippen LogP contribution in [0.25, 0.3) is 0 Å². The Hall–Kier alpha value is -1.74. The van der Waals surface area contributed by atoms with Crippen LogP contribution in [-0.4, -0.2) is 41.8 Å². The van der Waals surface area contributed by atoms with Gasteiger partial charge in [-0.2, -0.15) is 0 Å². The number of nitrogens with one attached hydrogen (secondary N) is 1. The maximum Gasteiger partial charge on any atom is 0.356 e. The summed E-state index contributed by atoms with van der Waals surface area (Å²) in [6.45, 7) is 0.0833. The van der Waals surface area contributed by atoms with Crippen molar-refractivity contribution in [2.75, 3.05) is 17.6 Å². The molecule has 0 atom stereocenters. The van der Waals surface area contributed by atoms with E-state index in [1.807, 2.05) is 0 Å². The molecule has 9 heteroatoms. The van der Waals surface area contributed by atoms with E-state index >= 15 is 0 Å². The van der Waals surface area contributed by atoms with Crippen molar-refractivity contribution in [3.8, 4) is 0 Å². The fourth-order valence-electron chi connectivity index (χ4n) is 0.851. The van der Waals surface area contributed by atoms with Crippen LogP contribution in [-0.2, 0) is 10.0 Å². The Balaban J connectivity index is 2.53. The molecule has 8 nitrogen and oxygen atoms in total. The third-order valence-corrected chi connectivity index (χ3v) is 2.34. The molecule has 0 saturated carbocycles.